The number of carboxylic acids is 1. The molecule has 7 heteroatoms. The van der Waals surface area contributed by atoms with E-state index in [0.29, 0.717) is 13.1 Å². The lowest BCUT2D eigenvalue weighted by atomic mass is 10.4. The second-order valence-corrected chi connectivity index (χ2v) is 4.57. The molecular formula is C12H18N4O3. The van der Waals surface area contributed by atoms with E-state index in [0.717, 1.165) is 12.8 Å². The maximum atomic E-state index is 12.0. The van der Waals surface area contributed by atoms with Gasteiger partial charge in [-0.3, -0.25) is 9.48 Å². The summed E-state index contributed by atoms with van der Waals surface area (Å²) in [6, 6.07) is 1.85. The number of carbonyl (C=O) groups excluding carboxylic acids is 1. The molecule has 1 heterocycles. The van der Waals surface area contributed by atoms with E-state index < -0.39 is 5.97 Å². The van der Waals surface area contributed by atoms with Gasteiger partial charge in [-0.05, 0) is 18.9 Å². The third kappa shape index (κ3) is 4.27. The summed E-state index contributed by atoms with van der Waals surface area (Å²) in [7, 11) is 0. The van der Waals surface area contributed by atoms with Gasteiger partial charge in [-0.1, -0.05) is 0 Å². The van der Waals surface area contributed by atoms with Crippen molar-refractivity contribution in [2.24, 2.45) is 0 Å². The molecular weight excluding hydrogens is 248 g/mol. The van der Waals surface area contributed by atoms with Crippen molar-refractivity contribution in [3.63, 3.8) is 0 Å². The van der Waals surface area contributed by atoms with E-state index in [-0.39, 0.29) is 25.0 Å². The normalized spacial score (nSPS) is 14.1. The van der Waals surface area contributed by atoms with Gasteiger partial charge < -0.3 is 15.3 Å². The molecule has 104 valence electrons. The summed E-state index contributed by atoms with van der Waals surface area (Å²) >= 11 is 0. The van der Waals surface area contributed by atoms with Gasteiger partial charge in [-0.25, -0.2) is 4.79 Å². The smallest absolute Gasteiger partial charge is 0.317 e. The second-order valence-electron chi connectivity index (χ2n) is 4.57. The van der Waals surface area contributed by atoms with Crippen molar-refractivity contribution in [2.75, 3.05) is 13.1 Å². The topological polar surface area (TPSA) is 87.5 Å². The molecule has 19 heavy (non-hydrogen) atoms. The molecule has 1 saturated carbocycles. The molecule has 2 rings (SSSR count). The Balaban J connectivity index is 1.74. The van der Waals surface area contributed by atoms with Gasteiger partial charge in [-0.2, -0.15) is 5.10 Å². The third-order valence-electron chi connectivity index (χ3n) is 2.99. The lowest BCUT2D eigenvalue weighted by Crippen LogP contribution is -2.43. The number of urea groups is 1. The maximum absolute atomic E-state index is 12.0. The summed E-state index contributed by atoms with van der Waals surface area (Å²) in [5.74, 6) is -0.880. The Morgan fingerprint density at radius 1 is 1.47 bits per heavy atom. The average Bonchev–Trinajstić information content (AvgIpc) is 3.06. The highest BCUT2D eigenvalue weighted by Crippen LogP contribution is 2.26. The fourth-order valence-corrected chi connectivity index (χ4v) is 1.86. The maximum Gasteiger partial charge on any atom is 0.317 e. The molecule has 2 N–H and O–H groups in total. The summed E-state index contributed by atoms with van der Waals surface area (Å²) in [6.45, 7) is 1.36. The van der Waals surface area contributed by atoms with Crippen LogP contribution in [0.4, 0.5) is 4.79 Å². The molecule has 1 aliphatic carbocycles. The van der Waals surface area contributed by atoms with Gasteiger partial charge in [0.05, 0.1) is 13.0 Å². The lowest BCUT2D eigenvalue weighted by molar-refractivity contribution is -0.137. The summed E-state index contributed by atoms with van der Waals surface area (Å²) in [5.41, 5.74) is 0. The fraction of sp³-hybridized carbons (Fsp3) is 0.583. The SMILES string of the molecule is O=C(O)CCN(C(=O)NCCn1cccn1)C1CC1. The van der Waals surface area contributed by atoms with Crippen LogP contribution in [0.3, 0.4) is 0 Å². The largest absolute Gasteiger partial charge is 0.481 e. The van der Waals surface area contributed by atoms with Gasteiger partial charge in [-0.15, -0.1) is 0 Å². The first-order valence-electron chi connectivity index (χ1n) is 6.40. The van der Waals surface area contributed by atoms with Crippen LogP contribution < -0.4 is 5.32 Å². The predicted molar refractivity (Wildman–Crippen MR) is 67.6 cm³/mol. The Hall–Kier alpha value is -2.05. The van der Waals surface area contributed by atoms with E-state index in [1.807, 2.05) is 12.3 Å². The number of carbonyl (C=O) groups is 2. The Labute approximate surface area is 111 Å². The van der Waals surface area contributed by atoms with E-state index in [1.165, 1.54) is 0 Å². The van der Waals surface area contributed by atoms with Crippen LogP contribution >= 0.6 is 0 Å². The minimum Gasteiger partial charge on any atom is -0.481 e. The molecule has 1 fully saturated rings. The molecule has 1 aliphatic rings. The average molecular weight is 266 g/mol. The monoisotopic (exact) mass is 266 g/mol. The van der Waals surface area contributed by atoms with Crippen LogP contribution in [-0.2, 0) is 11.3 Å². The Bertz CT molecular complexity index is 428. The van der Waals surface area contributed by atoms with Crippen LogP contribution in [0.1, 0.15) is 19.3 Å². The van der Waals surface area contributed by atoms with E-state index in [4.69, 9.17) is 5.11 Å². The lowest BCUT2D eigenvalue weighted by Gasteiger charge is -2.22. The van der Waals surface area contributed by atoms with Crippen LogP contribution in [0.15, 0.2) is 18.5 Å². The molecule has 0 aliphatic heterocycles. The molecule has 0 spiro atoms. The van der Waals surface area contributed by atoms with Crippen LogP contribution in [0.25, 0.3) is 0 Å². The van der Waals surface area contributed by atoms with Crippen LogP contribution in [0.5, 0.6) is 0 Å². The van der Waals surface area contributed by atoms with Crippen LogP contribution in [0, 0.1) is 0 Å². The molecule has 0 unspecified atom stereocenters. The summed E-state index contributed by atoms with van der Waals surface area (Å²) in [6.07, 6.45) is 5.43. The Kier molecular flexibility index (Phi) is 4.38. The number of hydrogen-bond acceptors (Lipinski definition) is 3. The molecule has 0 atom stereocenters. The number of amides is 2. The minimum atomic E-state index is -0.880. The van der Waals surface area contributed by atoms with Crippen molar-refractivity contribution >= 4 is 12.0 Å². The first kappa shape index (κ1) is 13.4. The molecule has 0 saturated heterocycles. The molecule has 2 amide bonds. The van der Waals surface area contributed by atoms with Gasteiger partial charge in [0.1, 0.15) is 0 Å². The summed E-state index contributed by atoms with van der Waals surface area (Å²) < 4.78 is 1.74. The highest BCUT2D eigenvalue weighted by Gasteiger charge is 2.32. The zero-order chi connectivity index (χ0) is 13.7. The van der Waals surface area contributed by atoms with Crippen molar-refractivity contribution in [1.82, 2.24) is 20.0 Å². The number of nitrogens with zero attached hydrogens (tertiary/aromatic N) is 3. The summed E-state index contributed by atoms with van der Waals surface area (Å²) in [5, 5.41) is 15.5. The molecule has 1 aromatic heterocycles. The van der Waals surface area contributed by atoms with Crippen molar-refractivity contribution in [1.29, 1.82) is 0 Å². The highest BCUT2D eigenvalue weighted by molar-refractivity contribution is 5.76. The fourth-order valence-electron chi connectivity index (χ4n) is 1.86. The van der Waals surface area contributed by atoms with Crippen molar-refractivity contribution < 1.29 is 14.7 Å². The zero-order valence-corrected chi connectivity index (χ0v) is 10.7. The quantitative estimate of drug-likeness (QED) is 0.753. The van der Waals surface area contributed by atoms with Crippen molar-refractivity contribution in [3.05, 3.63) is 18.5 Å². The molecule has 0 aromatic carbocycles. The van der Waals surface area contributed by atoms with Gasteiger partial charge in [0.15, 0.2) is 0 Å². The van der Waals surface area contributed by atoms with Crippen molar-refractivity contribution in [2.45, 2.75) is 31.8 Å². The van der Waals surface area contributed by atoms with E-state index in [1.54, 1.807) is 15.8 Å². The number of aliphatic carboxylic acids is 1. The Morgan fingerprint density at radius 2 is 2.26 bits per heavy atom. The van der Waals surface area contributed by atoms with Crippen LogP contribution in [0.2, 0.25) is 0 Å². The number of carboxylic acid groups (broad SMARTS) is 1. The Morgan fingerprint density at radius 3 is 2.84 bits per heavy atom. The molecule has 1 aromatic rings. The molecule has 0 radical (unpaired) electrons. The van der Waals surface area contributed by atoms with Gasteiger partial charge >= 0.3 is 12.0 Å². The number of hydrogen-bond donors (Lipinski definition) is 2. The first-order valence-corrected chi connectivity index (χ1v) is 6.40. The van der Waals surface area contributed by atoms with Gasteiger partial charge in [0, 0.05) is 31.5 Å². The molecule has 0 bridgehead atoms. The third-order valence-corrected chi connectivity index (χ3v) is 2.99. The second kappa shape index (κ2) is 6.21. The summed E-state index contributed by atoms with van der Waals surface area (Å²) in [4.78, 5) is 24.1. The van der Waals surface area contributed by atoms with E-state index in [9.17, 15) is 9.59 Å². The van der Waals surface area contributed by atoms with E-state index >= 15 is 0 Å². The number of nitrogens with one attached hydrogen (secondary N) is 1. The van der Waals surface area contributed by atoms with Gasteiger partial charge in [0.25, 0.3) is 0 Å². The standard InChI is InChI=1S/C12H18N4O3/c17-11(18)4-8-16(10-2-3-10)12(19)13-6-9-15-7-1-5-14-15/h1,5,7,10H,2-4,6,8-9H2,(H,13,19)(H,17,18). The predicted octanol–water partition coefficient (Wildman–Crippen LogP) is 0.532. The van der Waals surface area contributed by atoms with Gasteiger partial charge in [0.2, 0.25) is 0 Å². The number of rotatable bonds is 7. The number of aromatic nitrogens is 2. The molecule has 7 nitrogen and oxygen atoms in total. The first-order chi connectivity index (χ1) is 9.16. The van der Waals surface area contributed by atoms with Crippen LogP contribution in [-0.4, -0.2) is 50.9 Å². The minimum absolute atomic E-state index is 0.0108. The van der Waals surface area contributed by atoms with Crippen molar-refractivity contribution in [3.8, 4) is 0 Å². The highest BCUT2D eigenvalue weighted by atomic mass is 16.4. The van der Waals surface area contributed by atoms with E-state index in [2.05, 4.69) is 10.4 Å². The zero-order valence-electron chi connectivity index (χ0n) is 10.7.